The summed E-state index contributed by atoms with van der Waals surface area (Å²) >= 11 is 3.31. The average molecular weight is 301 g/mol. The summed E-state index contributed by atoms with van der Waals surface area (Å²) in [5.41, 5.74) is 5.85. The maximum Gasteiger partial charge on any atom is 0.226 e. The van der Waals surface area contributed by atoms with E-state index >= 15 is 0 Å². The average Bonchev–Trinajstić information content (AvgIpc) is 1.93. The first kappa shape index (κ1) is 14.2. The van der Waals surface area contributed by atoms with Crippen LogP contribution in [0.2, 0.25) is 0 Å². The summed E-state index contributed by atoms with van der Waals surface area (Å²) in [6.45, 7) is 10.9. The molecule has 96 valence electrons. The van der Waals surface area contributed by atoms with Gasteiger partial charge in [0.15, 0.2) is 0 Å². The van der Waals surface area contributed by atoms with Gasteiger partial charge < -0.3 is 11.1 Å². The molecule has 1 heterocycles. The van der Waals surface area contributed by atoms with Gasteiger partial charge in [-0.3, -0.25) is 0 Å². The van der Waals surface area contributed by atoms with Crippen LogP contribution in [0.15, 0.2) is 10.7 Å². The fourth-order valence-corrected chi connectivity index (χ4v) is 2.57. The zero-order valence-electron chi connectivity index (χ0n) is 11.1. The monoisotopic (exact) mass is 300 g/mol. The summed E-state index contributed by atoms with van der Waals surface area (Å²) in [4.78, 5) is 8.44. The van der Waals surface area contributed by atoms with Gasteiger partial charge in [-0.2, -0.15) is 4.98 Å². The molecule has 17 heavy (non-hydrogen) atoms. The highest BCUT2D eigenvalue weighted by Gasteiger charge is 2.26. The predicted molar refractivity (Wildman–Crippen MR) is 75.9 cm³/mol. The number of aromatic nitrogens is 2. The first-order valence-electron chi connectivity index (χ1n) is 5.66. The van der Waals surface area contributed by atoms with Crippen molar-refractivity contribution in [3.63, 3.8) is 0 Å². The van der Waals surface area contributed by atoms with E-state index in [1.165, 1.54) is 0 Å². The van der Waals surface area contributed by atoms with E-state index in [0.717, 1.165) is 6.42 Å². The molecule has 0 aromatic carbocycles. The number of nitrogens with one attached hydrogen (secondary N) is 1. The van der Waals surface area contributed by atoms with Gasteiger partial charge in [0.2, 0.25) is 5.95 Å². The smallest absolute Gasteiger partial charge is 0.226 e. The van der Waals surface area contributed by atoms with E-state index in [0.29, 0.717) is 16.4 Å². The third-order valence-electron chi connectivity index (χ3n) is 2.14. The zero-order valence-corrected chi connectivity index (χ0v) is 12.7. The summed E-state index contributed by atoms with van der Waals surface area (Å²) in [6, 6.07) is 1.68. The second kappa shape index (κ2) is 4.80. The summed E-state index contributed by atoms with van der Waals surface area (Å²) in [6.07, 6.45) is 1.01. The number of nitrogens with two attached hydrogens (primary N) is 1. The lowest BCUT2D eigenvalue weighted by atomic mass is 9.82. The van der Waals surface area contributed by atoms with Crippen molar-refractivity contribution < 1.29 is 0 Å². The van der Waals surface area contributed by atoms with Crippen LogP contribution in [0, 0.1) is 5.41 Å². The third kappa shape index (κ3) is 5.35. The molecule has 0 amide bonds. The van der Waals surface area contributed by atoms with Crippen LogP contribution in [0.25, 0.3) is 0 Å². The van der Waals surface area contributed by atoms with E-state index in [-0.39, 0.29) is 11.0 Å². The molecule has 0 radical (unpaired) electrons. The molecular weight excluding hydrogens is 280 g/mol. The Labute approximate surface area is 112 Å². The number of rotatable bonds is 3. The fourth-order valence-electron chi connectivity index (χ4n) is 2.16. The van der Waals surface area contributed by atoms with Crippen LogP contribution in [-0.4, -0.2) is 15.5 Å². The Bertz CT molecular complexity index is 376. The number of nitrogen functional groups attached to an aromatic ring is 1. The van der Waals surface area contributed by atoms with E-state index in [1.54, 1.807) is 6.07 Å². The maximum atomic E-state index is 5.68. The first-order valence-corrected chi connectivity index (χ1v) is 6.45. The lowest BCUT2D eigenvalue weighted by molar-refractivity contribution is 0.301. The van der Waals surface area contributed by atoms with Crippen LogP contribution in [0.5, 0.6) is 0 Å². The molecule has 0 unspecified atom stereocenters. The molecule has 1 aromatic heterocycles. The lowest BCUT2D eigenvalue weighted by Gasteiger charge is -2.33. The maximum absolute atomic E-state index is 5.68. The summed E-state index contributed by atoms with van der Waals surface area (Å²) in [5.74, 6) is 1.02. The molecule has 3 N–H and O–H groups in total. The summed E-state index contributed by atoms with van der Waals surface area (Å²) in [7, 11) is 0. The van der Waals surface area contributed by atoms with Crippen LogP contribution in [0.4, 0.5) is 11.8 Å². The minimum absolute atomic E-state index is 0.0779. The number of halogens is 1. The molecule has 0 spiro atoms. The first-order chi connectivity index (χ1) is 7.57. The van der Waals surface area contributed by atoms with Crippen LogP contribution in [-0.2, 0) is 0 Å². The van der Waals surface area contributed by atoms with Crippen molar-refractivity contribution in [3.8, 4) is 0 Å². The van der Waals surface area contributed by atoms with Crippen LogP contribution in [0.1, 0.15) is 41.0 Å². The summed E-state index contributed by atoms with van der Waals surface area (Å²) < 4.78 is 0.694. The zero-order chi connectivity index (χ0) is 13.3. The molecule has 1 aromatic rings. The molecule has 0 aliphatic carbocycles. The Morgan fingerprint density at radius 3 is 2.29 bits per heavy atom. The molecule has 5 heteroatoms. The van der Waals surface area contributed by atoms with Gasteiger partial charge in [0.05, 0.1) is 0 Å². The second-order valence-electron chi connectivity index (χ2n) is 6.19. The van der Waals surface area contributed by atoms with E-state index in [9.17, 15) is 0 Å². The van der Waals surface area contributed by atoms with E-state index in [2.05, 4.69) is 65.8 Å². The summed E-state index contributed by atoms with van der Waals surface area (Å²) in [5, 5.41) is 3.32. The molecule has 0 saturated carbocycles. The SMILES string of the molecule is CC(C)(C)CC(C)(C)Nc1nc(N)cc(Br)n1. The molecule has 0 bridgehead atoms. The largest absolute Gasteiger partial charge is 0.383 e. The third-order valence-corrected chi connectivity index (χ3v) is 2.54. The van der Waals surface area contributed by atoms with Gasteiger partial charge in [-0.25, -0.2) is 4.98 Å². The second-order valence-corrected chi connectivity index (χ2v) is 7.00. The molecule has 0 fully saturated rings. The van der Waals surface area contributed by atoms with Crippen molar-refractivity contribution >= 4 is 27.7 Å². The Morgan fingerprint density at radius 1 is 1.24 bits per heavy atom. The van der Waals surface area contributed by atoms with Gasteiger partial charge in [0, 0.05) is 11.6 Å². The number of hydrogen-bond donors (Lipinski definition) is 2. The molecule has 4 nitrogen and oxygen atoms in total. The Morgan fingerprint density at radius 2 is 1.82 bits per heavy atom. The normalized spacial score (nSPS) is 12.6. The molecule has 0 aliphatic heterocycles. The van der Waals surface area contributed by atoms with Gasteiger partial charge in [-0.1, -0.05) is 20.8 Å². The van der Waals surface area contributed by atoms with Gasteiger partial charge in [-0.15, -0.1) is 0 Å². The van der Waals surface area contributed by atoms with Crippen molar-refractivity contribution in [2.45, 2.75) is 46.6 Å². The van der Waals surface area contributed by atoms with Crippen LogP contribution in [0.3, 0.4) is 0 Å². The molecule has 0 atom stereocenters. The molecule has 0 saturated heterocycles. The van der Waals surface area contributed by atoms with E-state index in [4.69, 9.17) is 5.73 Å². The van der Waals surface area contributed by atoms with Crippen molar-refractivity contribution in [1.82, 2.24) is 9.97 Å². The van der Waals surface area contributed by atoms with E-state index in [1.807, 2.05) is 0 Å². The van der Waals surface area contributed by atoms with Gasteiger partial charge in [-0.05, 0) is 41.6 Å². The van der Waals surface area contributed by atoms with Gasteiger partial charge in [0.25, 0.3) is 0 Å². The standard InChI is InChI=1S/C12H21BrN4/c1-11(2,3)7-12(4,5)17-10-15-8(13)6-9(14)16-10/h6H,7H2,1-5H3,(H3,14,15,16,17). The fraction of sp³-hybridized carbons (Fsp3) is 0.667. The van der Waals surface area contributed by atoms with Gasteiger partial charge >= 0.3 is 0 Å². The Balaban J connectivity index is 2.82. The van der Waals surface area contributed by atoms with Crippen molar-refractivity contribution in [2.75, 3.05) is 11.1 Å². The van der Waals surface area contributed by atoms with E-state index < -0.39 is 0 Å². The Kier molecular flexibility index (Phi) is 4.02. The molecule has 1 rings (SSSR count). The van der Waals surface area contributed by atoms with Crippen LogP contribution < -0.4 is 11.1 Å². The van der Waals surface area contributed by atoms with Crippen LogP contribution >= 0.6 is 15.9 Å². The number of nitrogens with zero attached hydrogens (tertiary/aromatic N) is 2. The highest BCUT2D eigenvalue weighted by molar-refractivity contribution is 9.10. The molecule has 0 aliphatic rings. The number of anilines is 2. The lowest BCUT2D eigenvalue weighted by Crippen LogP contribution is -2.36. The van der Waals surface area contributed by atoms with Crippen molar-refractivity contribution in [1.29, 1.82) is 0 Å². The highest BCUT2D eigenvalue weighted by atomic mass is 79.9. The quantitative estimate of drug-likeness (QED) is 0.839. The minimum Gasteiger partial charge on any atom is -0.383 e. The van der Waals surface area contributed by atoms with Crippen molar-refractivity contribution in [2.24, 2.45) is 5.41 Å². The van der Waals surface area contributed by atoms with Gasteiger partial charge in [0.1, 0.15) is 10.4 Å². The highest BCUT2D eigenvalue weighted by Crippen LogP contribution is 2.29. The predicted octanol–water partition coefficient (Wildman–Crippen LogP) is 3.45. The Hall–Kier alpha value is -0.840. The topological polar surface area (TPSA) is 63.8 Å². The number of hydrogen-bond acceptors (Lipinski definition) is 4. The molecular formula is C12H21BrN4. The van der Waals surface area contributed by atoms with Crippen molar-refractivity contribution in [3.05, 3.63) is 10.7 Å². The minimum atomic E-state index is -0.0779.